The maximum atomic E-state index is 13.0. The third-order valence-electron chi connectivity index (χ3n) is 4.99. The van der Waals surface area contributed by atoms with Gasteiger partial charge in [-0.05, 0) is 38.0 Å². The van der Waals surface area contributed by atoms with Crippen molar-refractivity contribution in [2.24, 2.45) is 12.8 Å². The summed E-state index contributed by atoms with van der Waals surface area (Å²) in [6.07, 6.45) is 1.47. The number of primary amides is 1. The van der Waals surface area contributed by atoms with Crippen LogP contribution in [0.5, 0.6) is 0 Å². The number of nitrogens with zero attached hydrogens (tertiary/aromatic N) is 4. The minimum atomic E-state index is -3.84. The summed E-state index contributed by atoms with van der Waals surface area (Å²) >= 11 is 0. The van der Waals surface area contributed by atoms with Gasteiger partial charge in [0.1, 0.15) is 0 Å². The first-order valence-electron chi connectivity index (χ1n) is 8.91. The van der Waals surface area contributed by atoms with Crippen molar-refractivity contribution in [3.05, 3.63) is 50.8 Å². The summed E-state index contributed by atoms with van der Waals surface area (Å²) in [6, 6.07) is 3.98. The van der Waals surface area contributed by atoms with Crippen LogP contribution in [0, 0.1) is 0 Å². The largest absolute Gasteiger partial charge is 0.361 e. The van der Waals surface area contributed by atoms with Gasteiger partial charge in [0.2, 0.25) is 10.0 Å². The second-order valence-electron chi connectivity index (χ2n) is 7.46. The van der Waals surface area contributed by atoms with E-state index >= 15 is 0 Å². The number of benzene rings is 1. The minimum absolute atomic E-state index is 0.0274. The Morgan fingerprint density at radius 3 is 2.63 bits per heavy atom. The Bertz CT molecular complexity index is 1410. The van der Waals surface area contributed by atoms with Crippen molar-refractivity contribution in [1.82, 2.24) is 24.0 Å². The van der Waals surface area contributed by atoms with Crippen molar-refractivity contribution >= 4 is 26.8 Å². The lowest BCUT2D eigenvalue weighted by molar-refractivity contribution is 0.0958. The predicted octanol–water partition coefficient (Wildman–Crippen LogP) is -0.939. The fourth-order valence-electron chi connectivity index (χ4n) is 3.03. The Kier molecular flexibility index (Phi) is 4.39. The van der Waals surface area contributed by atoms with Crippen LogP contribution >= 0.6 is 0 Å². The Balaban J connectivity index is 1.82. The molecule has 12 nitrogen and oxygen atoms in total. The van der Waals surface area contributed by atoms with Gasteiger partial charge in [-0.15, -0.1) is 0 Å². The SMILES string of the molecule is Cn1c(=O)n(Cc2noc(C(N)=O)n2)c(=O)c2cc(S(=O)(=O)NC3(C)CC3)ccc21. The van der Waals surface area contributed by atoms with Gasteiger partial charge in [-0.2, -0.15) is 4.98 Å². The monoisotopic (exact) mass is 434 g/mol. The molecule has 0 aliphatic heterocycles. The predicted molar refractivity (Wildman–Crippen MR) is 103 cm³/mol. The molecule has 3 aromatic rings. The molecule has 13 heteroatoms. The van der Waals surface area contributed by atoms with Crippen LogP contribution in [-0.4, -0.2) is 39.1 Å². The van der Waals surface area contributed by atoms with Crippen molar-refractivity contribution in [3.8, 4) is 0 Å². The second-order valence-corrected chi connectivity index (χ2v) is 9.14. The number of nitrogens with two attached hydrogens (primary N) is 1. The van der Waals surface area contributed by atoms with Gasteiger partial charge in [0, 0.05) is 12.6 Å². The molecular weight excluding hydrogens is 416 g/mol. The van der Waals surface area contributed by atoms with E-state index in [2.05, 4.69) is 19.4 Å². The number of carbonyl (C=O) groups is 1. The Labute approximate surface area is 169 Å². The molecule has 1 amide bonds. The number of sulfonamides is 1. The van der Waals surface area contributed by atoms with E-state index in [0.717, 1.165) is 17.4 Å². The van der Waals surface area contributed by atoms with Gasteiger partial charge >= 0.3 is 17.5 Å². The van der Waals surface area contributed by atoms with Crippen LogP contribution in [0.25, 0.3) is 10.9 Å². The molecule has 2 heterocycles. The molecule has 3 N–H and O–H groups in total. The van der Waals surface area contributed by atoms with E-state index in [9.17, 15) is 22.8 Å². The van der Waals surface area contributed by atoms with Crippen LogP contribution in [-0.2, 0) is 23.6 Å². The summed E-state index contributed by atoms with van der Waals surface area (Å²) in [4.78, 5) is 40.4. The smallest absolute Gasteiger partial charge is 0.331 e. The fraction of sp³-hybridized carbons (Fsp3) is 0.353. The third-order valence-corrected chi connectivity index (χ3v) is 6.63. The lowest BCUT2D eigenvalue weighted by atomic mass is 10.2. The van der Waals surface area contributed by atoms with Gasteiger partial charge < -0.3 is 10.3 Å². The van der Waals surface area contributed by atoms with Gasteiger partial charge in [0.25, 0.3) is 5.56 Å². The van der Waals surface area contributed by atoms with Crippen LogP contribution in [0.1, 0.15) is 36.3 Å². The molecule has 1 saturated carbocycles. The second kappa shape index (κ2) is 6.60. The van der Waals surface area contributed by atoms with E-state index in [0.29, 0.717) is 0 Å². The standard InChI is InChI=1S/C17H18N6O6S/c1-17(5-6-17)21-30(27,28)9-3-4-11-10(7-9)15(25)23(16(26)22(11)2)8-12-19-14(13(18)24)29-20-12/h3-4,7,21H,5-6,8H2,1-2H3,(H2,18,24). The Morgan fingerprint density at radius 1 is 1.33 bits per heavy atom. The molecular formula is C17H18N6O6S. The highest BCUT2D eigenvalue weighted by Crippen LogP contribution is 2.36. The van der Waals surface area contributed by atoms with Crippen molar-refractivity contribution in [1.29, 1.82) is 0 Å². The van der Waals surface area contributed by atoms with Crippen molar-refractivity contribution in [2.75, 3.05) is 0 Å². The van der Waals surface area contributed by atoms with Crippen LogP contribution < -0.4 is 21.7 Å². The molecule has 1 aliphatic rings. The van der Waals surface area contributed by atoms with Gasteiger partial charge in [-0.25, -0.2) is 17.9 Å². The van der Waals surface area contributed by atoms with Crippen LogP contribution in [0.4, 0.5) is 0 Å². The minimum Gasteiger partial charge on any atom is -0.361 e. The van der Waals surface area contributed by atoms with Crippen LogP contribution in [0.2, 0.25) is 0 Å². The van der Waals surface area contributed by atoms with Gasteiger partial charge in [0.05, 0.1) is 22.3 Å². The van der Waals surface area contributed by atoms with Crippen LogP contribution in [0.15, 0.2) is 37.2 Å². The number of aryl methyl sites for hydroxylation is 1. The number of nitrogens with one attached hydrogen (secondary N) is 1. The van der Waals surface area contributed by atoms with E-state index in [1.165, 1.54) is 29.8 Å². The third kappa shape index (κ3) is 3.41. The highest BCUT2D eigenvalue weighted by Gasteiger charge is 2.41. The summed E-state index contributed by atoms with van der Waals surface area (Å²) in [6.45, 7) is 1.42. The molecule has 30 heavy (non-hydrogen) atoms. The summed E-state index contributed by atoms with van der Waals surface area (Å²) in [5.74, 6) is -1.50. The molecule has 0 bridgehead atoms. The Hall–Kier alpha value is -3.32. The van der Waals surface area contributed by atoms with E-state index in [1.54, 1.807) is 6.92 Å². The number of fused-ring (bicyclic) bond motifs is 1. The lowest BCUT2D eigenvalue weighted by Crippen LogP contribution is -2.40. The summed E-state index contributed by atoms with van der Waals surface area (Å²) in [5.41, 5.74) is 3.44. The Morgan fingerprint density at radius 2 is 2.03 bits per heavy atom. The molecule has 4 rings (SSSR count). The summed E-state index contributed by atoms with van der Waals surface area (Å²) < 4.78 is 34.7. The first-order chi connectivity index (χ1) is 14.0. The number of rotatable bonds is 6. The normalized spacial score (nSPS) is 15.4. The fourth-order valence-corrected chi connectivity index (χ4v) is 4.53. The summed E-state index contributed by atoms with van der Waals surface area (Å²) in [5, 5.41) is 3.56. The topological polar surface area (TPSA) is 172 Å². The van der Waals surface area contributed by atoms with Crippen molar-refractivity contribution in [2.45, 2.75) is 36.7 Å². The molecule has 0 spiro atoms. The van der Waals surface area contributed by atoms with Crippen molar-refractivity contribution in [3.63, 3.8) is 0 Å². The van der Waals surface area contributed by atoms with Crippen LogP contribution in [0.3, 0.4) is 0 Å². The maximum Gasteiger partial charge on any atom is 0.331 e. The van der Waals surface area contributed by atoms with Gasteiger partial charge in [-0.3, -0.25) is 18.7 Å². The van der Waals surface area contributed by atoms with Gasteiger partial charge in [0.15, 0.2) is 5.82 Å². The molecule has 2 aromatic heterocycles. The number of hydrogen-bond acceptors (Lipinski definition) is 8. The molecule has 158 valence electrons. The summed E-state index contributed by atoms with van der Waals surface area (Å²) in [7, 11) is -2.39. The quantitative estimate of drug-likeness (QED) is 0.500. The highest BCUT2D eigenvalue weighted by atomic mass is 32.2. The van der Waals surface area contributed by atoms with Gasteiger partial charge in [-0.1, -0.05) is 5.16 Å². The number of hydrogen-bond donors (Lipinski definition) is 2. The molecule has 0 saturated heterocycles. The first kappa shape index (κ1) is 20.0. The first-order valence-corrected chi connectivity index (χ1v) is 10.4. The molecule has 1 aromatic carbocycles. The lowest BCUT2D eigenvalue weighted by Gasteiger charge is -2.14. The zero-order valence-electron chi connectivity index (χ0n) is 16.1. The molecule has 0 unspecified atom stereocenters. The highest BCUT2D eigenvalue weighted by molar-refractivity contribution is 7.89. The molecule has 1 aliphatic carbocycles. The number of aromatic nitrogens is 4. The average molecular weight is 434 g/mol. The van der Waals surface area contributed by atoms with E-state index < -0.39 is 38.6 Å². The zero-order valence-corrected chi connectivity index (χ0v) is 16.9. The molecule has 1 fully saturated rings. The number of amides is 1. The van der Waals surface area contributed by atoms with Crippen molar-refractivity contribution < 1.29 is 17.7 Å². The van der Waals surface area contributed by atoms with E-state index in [-0.39, 0.29) is 28.2 Å². The average Bonchev–Trinajstić information content (AvgIpc) is 3.21. The molecule has 0 atom stereocenters. The van der Waals surface area contributed by atoms with E-state index in [4.69, 9.17) is 5.73 Å². The zero-order chi connectivity index (χ0) is 21.8. The molecule has 0 radical (unpaired) electrons. The van der Waals surface area contributed by atoms with E-state index in [1.807, 2.05) is 0 Å². The number of carbonyl (C=O) groups excluding carboxylic acids is 1. The maximum absolute atomic E-state index is 13.0.